The first kappa shape index (κ1) is 19.2. The molecule has 3 aromatic rings. The maximum atomic E-state index is 12.5. The lowest BCUT2D eigenvalue weighted by Gasteiger charge is -2.07. The molecule has 3 rings (SSSR count). The van der Waals surface area contributed by atoms with Crippen LogP contribution in [0.25, 0.3) is 11.0 Å². The van der Waals surface area contributed by atoms with Gasteiger partial charge in [0.1, 0.15) is 17.0 Å². The summed E-state index contributed by atoms with van der Waals surface area (Å²) in [6, 6.07) is 4.49. The predicted octanol–water partition coefficient (Wildman–Crippen LogP) is 2.07. The smallest absolute Gasteiger partial charge is 0.293 e. The number of H-pyrrole nitrogens is 1. The molecule has 0 aliphatic carbocycles. The molecule has 10 heteroatoms. The number of aromatic amines is 1. The fourth-order valence-corrected chi connectivity index (χ4v) is 3.11. The first-order chi connectivity index (χ1) is 13.3. The van der Waals surface area contributed by atoms with E-state index in [1.54, 1.807) is 13.1 Å². The number of carbonyl (C=O) groups is 1. The number of anilines is 1. The van der Waals surface area contributed by atoms with E-state index in [0.717, 1.165) is 12.1 Å². The molecular formula is C18H20N6O4. The number of fused-ring (bicyclic) bond motifs is 1. The Morgan fingerprint density at radius 3 is 2.79 bits per heavy atom. The number of benzene rings is 1. The standard InChI is InChI=1S/C18H20N6O4/c1-4-5-13-16-17(23(3)22-13)18(26)21-15(20-16)9-11-6-7-12(19-10(2)25)14(8-11)24(27)28/h6-8H,4-5,9H2,1-3H3,(H,19,25)(H,20,21,26). The number of amides is 1. The zero-order chi connectivity index (χ0) is 20.4. The van der Waals surface area contributed by atoms with Crippen molar-refractivity contribution >= 4 is 28.3 Å². The molecule has 1 aromatic carbocycles. The van der Waals surface area contributed by atoms with Crippen molar-refractivity contribution in [1.29, 1.82) is 0 Å². The Hall–Kier alpha value is -3.56. The molecule has 146 valence electrons. The van der Waals surface area contributed by atoms with Gasteiger partial charge < -0.3 is 10.3 Å². The van der Waals surface area contributed by atoms with E-state index in [4.69, 9.17) is 0 Å². The molecule has 0 spiro atoms. The van der Waals surface area contributed by atoms with Crippen LogP contribution in [0.15, 0.2) is 23.0 Å². The number of nitro groups is 1. The first-order valence-electron chi connectivity index (χ1n) is 8.79. The van der Waals surface area contributed by atoms with Crippen LogP contribution in [0.3, 0.4) is 0 Å². The van der Waals surface area contributed by atoms with E-state index in [-0.39, 0.29) is 23.4 Å². The molecule has 28 heavy (non-hydrogen) atoms. The molecule has 1 amide bonds. The number of hydrogen-bond donors (Lipinski definition) is 2. The Morgan fingerprint density at radius 2 is 2.14 bits per heavy atom. The van der Waals surface area contributed by atoms with Crippen LogP contribution in [0, 0.1) is 10.1 Å². The Bertz CT molecular complexity index is 1130. The Balaban J connectivity index is 2.01. The molecule has 0 fully saturated rings. The predicted molar refractivity (Wildman–Crippen MR) is 103 cm³/mol. The lowest BCUT2D eigenvalue weighted by atomic mass is 10.1. The third kappa shape index (κ3) is 3.75. The van der Waals surface area contributed by atoms with Gasteiger partial charge in [-0.3, -0.25) is 24.4 Å². The van der Waals surface area contributed by atoms with E-state index in [1.165, 1.54) is 23.7 Å². The van der Waals surface area contributed by atoms with E-state index in [1.807, 2.05) is 6.92 Å². The minimum atomic E-state index is -0.561. The summed E-state index contributed by atoms with van der Waals surface area (Å²) >= 11 is 0. The second-order valence-corrected chi connectivity index (χ2v) is 6.50. The molecule has 0 unspecified atom stereocenters. The number of aryl methyl sites for hydroxylation is 2. The second-order valence-electron chi connectivity index (χ2n) is 6.50. The Morgan fingerprint density at radius 1 is 1.39 bits per heavy atom. The molecule has 2 aromatic heterocycles. The minimum absolute atomic E-state index is 0.121. The third-order valence-electron chi connectivity index (χ3n) is 4.24. The molecule has 0 saturated carbocycles. The van der Waals surface area contributed by atoms with Gasteiger partial charge in [-0.2, -0.15) is 5.10 Å². The van der Waals surface area contributed by atoms with Gasteiger partial charge in [0.2, 0.25) is 5.91 Å². The van der Waals surface area contributed by atoms with Gasteiger partial charge in [-0.15, -0.1) is 0 Å². The van der Waals surface area contributed by atoms with Crippen LogP contribution in [-0.4, -0.2) is 30.6 Å². The fourth-order valence-electron chi connectivity index (χ4n) is 3.11. The molecule has 0 aliphatic heterocycles. The zero-order valence-electron chi connectivity index (χ0n) is 15.8. The summed E-state index contributed by atoms with van der Waals surface area (Å²) in [5, 5.41) is 18.1. The van der Waals surface area contributed by atoms with Crippen molar-refractivity contribution in [2.24, 2.45) is 7.05 Å². The molecule has 0 radical (unpaired) electrons. The maximum Gasteiger partial charge on any atom is 0.293 e. The first-order valence-corrected chi connectivity index (χ1v) is 8.79. The van der Waals surface area contributed by atoms with Crippen LogP contribution in [0.4, 0.5) is 11.4 Å². The van der Waals surface area contributed by atoms with Gasteiger partial charge >= 0.3 is 0 Å². The lowest BCUT2D eigenvalue weighted by Crippen LogP contribution is -2.14. The highest BCUT2D eigenvalue weighted by Gasteiger charge is 2.18. The summed E-state index contributed by atoms with van der Waals surface area (Å²) in [7, 11) is 1.70. The number of carbonyl (C=O) groups excluding carboxylic acids is 1. The van der Waals surface area contributed by atoms with Crippen molar-refractivity contribution in [3.63, 3.8) is 0 Å². The van der Waals surface area contributed by atoms with Gasteiger partial charge in [0.05, 0.1) is 10.6 Å². The fraction of sp³-hybridized carbons (Fsp3) is 0.333. The van der Waals surface area contributed by atoms with E-state index in [2.05, 4.69) is 20.4 Å². The van der Waals surface area contributed by atoms with Crippen molar-refractivity contribution in [1.82, 2.24) is 19.7 Å². The third-order valence-corrected chi connectivity index (χ3v) is 4.24. The second kappa shape index (κ2) is 7.59. The number of aromatic nitrogens is 4. The molecule has 0 aliphatic rings. The average Bonchev–Trinajstić information content (AvgIpc) is 2.92. The number of nitrogens with one attached hydrogen (secondary N) is 2. The molecular weight excluding hydrogens is 364 g/mol. The normalized spacial score (nSPS) is 11.0. The summed E-state index contributed by atoms with van der Waals surface area (Å²) in [5.74, 6) is -0.00300. The molecule has 2 N–H and O–H groups in total. The summed E-state index contributed by atoms with van der Waals surface area (Å²) in [6.07, 6.45) is 1.77. The van der Waals surface area contributed by atoms with Crippen LogP contribution in [-0.2, 0) is 24.7 Å². The number of hydrogen-bond acceptors (Lipinski definition) is 6. The molecule has 0 bridgehead atoms. The van der Waals surface area contributed by atoms with Crippen molar-refractivity contribution in [2.45, 2.75) is 33.1 Å². The van der Waals surface area contributed by atoms with Gasteiger partial charge in [0, 0.05) is 26.5 Å². The van der Waals surface area contributed by atoms with Crippen LogP contribution in [0.2, 0.25) is 0 Å². The molecule has 10 nitrogen and oxygen atoms in total. The summed E-state index contributed by atoms with van der Waals surface area (Å²) in [4.78, 5) is 41.7. The van der Waals surface area contributed by atoms with Crippen LogP contribution < -0.4 is 10.9 Å². The topological polar surface area (TPSA) is 136 Å². The largest absolute Gasteiger partial charge is 0.321 e. The zero-order valence-corrected chi connectivity index (χ0v) is 15.8. The van der Waals surface area contributed by atoms with Gasteiger partial charge in [0.25, 0.3) is 11.2 Å². The van der Waals surface area contributed by atoms with Gasteiger partial charge in [0.15, 0.2) is 5.52 Å². The van der Waals surface area contributed by atoms with Crippen molar-refractivity contribution in [2.75, 3.05) is 5.32 Å². The highest BCUT2D eigenvalue weighted by Crippen LogP contribution is 2.26. The number of nitro benzene ring substituents is 1. The highest BCUT2D eigenvalue weighted by molar-refractivity contribution is 5.91. The average molecular weight is 384 g/mol. The van der Waals surface area contributed by atoms with Crippen molar-refractivity contribution in [3.8, 4) is 0 Å². The van der Waals surface area contributed by atoms with E-state index < -0.39 is 10.8 Å². The molecule has 2 heterocycles. The summed E-state index contributed by atoms with van der Waals surface area (Å²) in [6.45, 7) is 3.30. The monoisotopic (exact) mass is 384 g/mol. The lowest BCUT2D eigenvalue weighted by molar-refractivity contribution is -0.384. The van der Waals surface area contributed by atoms with Gasteiger partial charge in [-0.05, 0) is 18.1 Å². The number of nitrogens with zero attached hydrogens (tertiary/aromatic N) is 4. The van der Waals surface area contributed by atoms with Crippen LogP contribution in [0.5, 0.6) is 0 Å². The number of rotatable bonds is 6. The van der Waals surface area contributed by atoms with E-state index in [0.29, 0.717) is 28.8 Å². The van der Waals surface area contributed by atoms with Gasteiger partial charge in [-0.25, -0.2) is 4.98 Å². The van der Waals surface area contributed by atoms with E-state index >= 15 is 0 Å². The Kier molecular flexibility index (Phi) is 5.21. The van der Waals surface area contributed by atoms with Crippen molar-refractivity contribution in [3.05, 3.63) is 55.7 Å². The van der Waals surface area contributed by atoms with Crippen LogP contribution in [0.1, 0.15) is 37.4 Å². The highest BCUT2D eigenvalue weighted by atomic mass is 16.6. The summed E-state index contributed by atoms with van der Waals surface area (Å²) in [5.41, 5.74) is 1.89. The van der Waals surface area contributed by atoms with Gasteiger partial charge in [-0.1, -0.05) is 19.4 Å². The molecule has 0 atom stereocenters. The Labute approximate surface area is 159 Å². The maximum absolute atomic E-state index is 12.5. The minimum Gasteiger partial charge on any atom is -0.321 e. The molecule has 0 saturated heterocycles. The quantitative estimate of drug-likeness (QED) is 0.493. The van der Waals surface area contributed by atoms with Crippen LogP contribution >= 0.6 is 0 Å². The van der Waals surface area contributed by atoms with E-state index in [9.17, 15) is 19.7 Å². The SMILES string of the molecule is CCCc1nn(C)c2c(=O)[nH]c(Cc3ccc(NC(C)=O)c([N+](=O)[O-])c3)nc12. The summed E-state index contributed by atoms with van der Waals surface area (Å²) < 4.78 is 1.52. The van der Waals surface area contributed by atoms with Crippen molar-refractivity contribution < 1.29 is 9.72 Å².